The van der Waals surface area contributed by atoms with Crippen LogP contribution in [0.25, 0.3) is 0 Å². The van der Waals surface area contributed by atoms with Gasteiger partial charge in [0.05, 0.1) is 24.5 Å². The maximum Gasteiger partial charge on any atom is 0.271 e. The number of aliphatic hydroxyl groups excluding tert-OH is 1. The molecule has 1 saturated carbocycles. The first-order valence-electron chi connectivity index (χ1n) is 6.48. The van der Waals surface area contributed by atoms with Crippen LogP contribution in [0.2, 0.25) is 0 Å². The number of amides is 1. The lowest BCUT2D eigenvalue weighted by Crippen LogP contribution is -2.43. The topological polar surface area (TPSA) is 113 Å². The monoisotopic (exact) mass is 265 g/mol. The predicted octanol–water partition coefficient (Wildman–Crippen LogP) is 0.186. The highest BCUT2D eigenvalue weighted by Crippen LogP contribution is 2.18. The maximum absolute atomic E-state index is 12.0. The molecule has 0 saturated heterocycles. The van der Waals surface area contributed by atoms with Gasteiger partial charge in [0, 0.05) is 0 Å². The number of carbonyl (C=O) groups is 1. The highest BCUT2D eigenvalue weighted by atomic mass is 16.3. The van der Waals surface area contributed by atoms with E-state index in [-0.39, 0.29) is 17.6 Å². The van der Waals surface area contributed by atoms with Crippen molar-refractivity contribution < 1.29 is 9.90 Å². The zero-order valence-electron chi connectivity index (χ0n) is 10.7. The van der Waals surface area contributed by atoms with Gasteiger partial charge in [-0.2, -0.15) is 0 Å². The number of rotatable bonds is 3. The number of aliphatic hydroxyl groups is 1. The number of hydrazine groups is 1. The third-order valence-corrected chi connectivity index (χ3v) is 3.31. The predicted molar refractivity (Wildman–Crippen MR) is 70.2 cm³/mol. The van der Waals surface area contributed by atoms with E-state index in [1.54, 1.807) is 0 Å². The Morgan fingerprint density at radius 2 is 2.11 bits per heavy atom. The van der Waals surface area contributed by atoms with E-state index in [1.165, 1.54) is 12.4 Å². The molecule has 1 aliphatic carbocycles. The second kappa shape index (κ2) is 6.44. The van der Waals surface area contributed by atoms with Crippen LogP contribution in [0, 0.1) is 0 Å². The number of hydrogen-bond acceptors (Lipinski definition) is 6. The van der Waals surface area contributed by atoms with Crippen LogP contribution < -0.4 is 16.6 Å². The van der Waals surface area contributed by atoms with Gasteiger partial charge < -0.3 is 15.8 Å². The van der Waals surface area contributed by atoms with E-state index in [0.717, 1.165) is 32.1 Å². The van der Waals surface area contributed by atoms with E-state index in [0.29, 0.717) is 5.82 Å². The largest absolute Gasteiger partial charge is 0.391 e. The molecule has 0 radical (unpaired) electrons. The third kappa shape index (κ3) is 3.62. The molecule has 1 fully saturated rings. The summed E-state index contributed by atoms with van der Waals surface area (Å²) in [6.45, 7) is 0. The van der Waals surface area contributed by atoms with E-state index in [2.05, 4.69) is 20.7 Å². The fraction of sp³-hybridized carbons (Fsp3) is 0.583. The van der Waals surface area contributed by atoms with E-state index >= 15 is 0 Å². The Morgan fingerprint density at radius 3 is 2.89 bits per heavy atom. The van der Waals surface area contributed by atoms with Crippen molar-refractivity contribution in [2.75, 3.05) is 5.43 Å². The average molecular weight is 265 g/mol. The number of hydrogen-bond donors (Lipinski definition) is 4. The van der Waals surface area contributed by atoms with Gasteiger partial charge >= 0.3 is 0 Å². The molecule has 7 heteroatoms. The van der Waals surface area contributed by atoms with Gasteiger partial charge in [-0.1, -0.05) is 19.3 Å². The van der Waals surface area contributed by atoms with Crippen LogP contribution in [-0.4, -0.2) is 33.1 Å². The van der Waals surface area contributed by atoms with Crippen molar-refractivity contribution in [3.8, 4) is 0 Å². The van der Waals surface area contributed by atoms with Crippen molar-refractivity contribution in [2.45, 2.75) is 44.2 Å². The first-order valence-corrected chi connectivity index (χ1v) is 6.48. The fourth-order valence-corrected chi connectivity index (χ4v) is 2.24. The van der Waals surface area contributed by atoms with Gasteiger partial charge in [-0.3, -0.25) is 9.78 Å². The minimum absolute atomic E-state index is 0.187. The summed E-state index contributed by atoms with van der Waals surface area (Å²) in [5, 5.41) is 12.8. The van der Waals surface area contributed by atoms with Gasteiger partial charge in [-0.05, 0) is 12.8 Å². The Morgan fingerprint density at radius 1 is 1.32 bits per heavy atom. The molecule has 0 bridgehead atoms. The minimum Gasteiger partial charge on any atom is -0.391 e. The fourth-order valence-electron chi connectivity index (χ4n) is 2.24. The SMILES string of the molecule is NNc1cncc(C(=O)NC2CCCCCC2O)n1. The molecule has 5 N–H and O–H groups in total. The zero-order valence-corrected chi connectivity index (χ0v) is 10.7. The summed E-state index contributed by atoms with van der Waals surface area (Å²) in [5.74, 6) is 5.21. The van der Waals surface area contributed by atoms with Crippen molar-refractivity contribution >= 4 is 11.7 Å². The number of nitrogens with zero attached hydrogens (tertiary/aromatic N) is 2. The average Bonchev–Trinajstić information content (AvgIpc) is 2.64. The van der Waals surface area contributed by atoms with Crippen molar-refractivity contribution in [3.63, 3.8) is 0 Å². The number of nitrogen functional groups attached to an aromatic ring is 1. The molecule has 7 nitrogen and oxygen atoms in total. The second-order valence-electron chi connectivity index (χ2n) is 4.72. The van der Waals surface area contributed by atoms with Crippen molar-refractivity contribution in [1.29, 1.82) is 0 Å². The molecule has 19 heavy (non-hydrogen) atoms. The number of carbonyl (C=O) groups excluding carboxylic acids is 1. The first-order chi connectivity index (χ1) is 9.20. The molecular formula is C12H19N5O2. The maximum atomic E-state index is 12.0. The molecule has 2 unspecified atom stereocenters. The van der Waals surface area contributed by atoms with E-state index in [4.69, 9.17) is 5.84 Å². The van der Waals surface area contributed by atoms with Crippen molar-refractivity contribution in [2.24, 2.45) is 5.84 Å². The molecular weight excluding hydrogens is 246 g/mol. The smallest absolute Gasteiger partial charge is 0.271 e. The summed E-state index contributed by atoms with van der Waals surface area (Å²) in [6.07, 6.45) is 6.93. The Balaban J connectivity index is 2.02. The van der Waals surface area contributed by atoms with Gasteiger partial charge in [0.25, 0.3) is 5.91 Å². The third-order valence-electron chi connectivity index (χ3n) is 3.31. The molecule has 1 amide bonds. The minimum atomic E-state index is -0.491. The summed E-state index contributed by atoms with van der Waals surface area (Å²) in [4.78, 5) is 19.9. The number of nitrogens with two attached hydrogens (primary N) is 1. The molecule has 0 aliphatic heterocycles. The molecule has 1 aliphatic rings. The lowest BCUT2D eigenvalue weighted by molar-refractivity contribution is 0.0814. The Bertz CT molecular complexity index is 440. The molecule has 1 aromatic rings. The Hall–Kier alpha value is -1.73. The van der Waals surface area contributed by atoms with Gasteiger partial charge in [0.15, 0.2) is 5.82 Å². The van der Waals surface area contributed by atoms with E-state index in [1.807, 2.05) is 0 Å². The molecule has 1 aromatic heterocycles. The van der Waals surface area contributed by atoms with E-state index < -0.39 is 6.10 Å². The van der Waals surface area contributed by atoms with Crippen molar-refractivity contribution in [3.05, 3.63) is 18.1 Å². The highest BCUT2D eigenvalue weighted by Gasteiger charge is 2.24. The Labute approximate surface area is 111 Å². The molecule has 0 spiro atoms. The second-order valence-corrected chi connectivity index (χ2v) is 4.72. The quantitative estimate of drug-likeness (QED) is 0.352. The molecule has 2 atom stereocenters. The number of aromatic nitrogens is 2. The highest BCUT2D eigenvalue weighted by molar-refractivity contribution is 5.92. The number of anilines is 1. The van der Waals surface area contributed by atoms with Crippen LogP contribution in [0.15, 0.2) is 12.4 Å². The van der Waals surface area contributed by atoms with Crippen LogP contribution >= 0.6 is 0 Å². The number of nitrogens with one attached hydrogen (secondary N) is 2. The normalized spacial score (nSPS) is 23.5. The van der Waals surface area contributed by atoms with E-state index in [9.17, 15) is 9.90 Å². The summed E-state index contributed by atoms with van der Waals surface area (Å²) in [5.41, 5.74) is 2.53. The van der Waals surface area contributed by atoms with Gasteiger partial charge in [0.2, 0.25) is 0 Å². The first kappa shape index (κ1) is 13.7. The zero-order chi connectivity index (χ0) is 13.7. The Kier molecular flexibility index (Phi) is 4.64. The molecule has 1 heterocycles. The van der Waals surface area contributed by atoms with Crippen LogP contribution in [0.5, 0.6) is 0 Å². The lowest BCUT2D eigenvalue weighted by Gasteiger charge is -2.21. The van der Waals surface area contributed by atoms with Crippen LogP contribution in [0.4, 0.5) is 5.82 Å². The van der Waals surface area contributed by atoms with Gasteiger partial charge in [-0.15, -0.1) is 0 Å². The summed E-state index contributed by atoms with van der Waals surface area (Å²) in [6, 6.07) is -0.216. The van der Waals surface area contributed by atoms with Crippen molar-refractivity contribution in [1.82, 2.24) is 15.3 Å². The van der Waals surface area contributed by atoms with Crippen LogP contribution in [0.3, 0.4) is 0 Å². The molecule has 104 valence electrons. The molecule has 2 rings (SSSR count). The summed E-state index contributed by atoms with van der Waals surface area (Å²) < 4.78 is 0. The molecule has 0 aromatic carbocycles. The van der Waals surface area contributed by atoms with Crippen LogP contribution in [0.1, 0.15) is 42.6 Å². The standard InChI is InChI=1S/C12H19N5O2/c13-17-11-7-14-6-9(15-11)12(19)16-8-4-2-1-3-5-10(8)18/h6-8,10,18H,1-5,13H2,(H,15,17)(H,16,19). The van der Waals surface area contributed by atoms with Crippen LogP contribution in [-0.2, 0) is 0 Å². The van der Waals surface area contributed by atoms with Gasteiger partial charge in [0.1, 0.15) is 5.69 Å². The summed E-state index contributed by atoms with van der Waals surface area (Å²) >= 11 is 0. The lowest BCUT2D eigenvalue weighted by atomic mass is 10.1. The van der Waals surface area contributed by atoms with Gasteiger partial charge in [-0.25, -0.2) is 10.8 Å². The summed E-state index contributed by atoms with van der Waals surface area (Å²) in [7, 11) is 0.